The number of rotatable bonds is 6. The summed E-state index contributed by atoms with van der Waals surface area (Å²) in [5.74, 6) is -0.743. The van der Waals surface area contributed by atoms with Gasteiger partial charge in [0.15, 0.2) is 0 Å². The van der Waals surface area contributed by atoms with E-state index in [-0.39, 0.29) is 29.3 Å². The molecule has 2 aliphatic rings. The minimum absolute atomic E-state index is 0.0234. The molecule has 2 aliphatic carbocycles. The second-order valence-electron chi connectivity index (χ2n) is 10.8. The monoisotopic (exact) mass is 477 g/mol. The third-order valence-electron chi connectivity index (χ3n) is 8.06. The molecule has 0 bridgehead atoms. The maximum absolute atomic E-state index is 14.3. The van der Waals surface area contributed by atoms with Gasteiger partial charge in [-0.05, 0) is 78.8 Å². The van der Waals surface area contributed by atoms with Crippen LogP contribution in [0.2, 0.25) is 0 Å². The molecule has 0 radical (unpaired) electrons. The van der Waals surface area contributed by atoms with Gasteiger partial charge in [-0.1, -0.05) is 39.0 Å². The highest BCUT2D eigenvalue weighted by Gasteiger charge is 2.52. The first-order chi connectivity index (χ1) is 15.9. The first-order valence-electron chi connectivity index (χ1n) is 12.2. The molecule has 0 aromatic heterocycles. The fourth-order valence-electron chi connectivity index (χ4n) is 5.53. The average molecular weight is 478 g/mol. The van der Waals surface area contributed by atoms with Crippen molar-refractivity contribution in [2.75, 3.05) is 0 Å². The average Bonchev–Trinajstić information content (AvgIpc) is 2.76. The van der Waals surface area contributed by atoms with Crippen LogP contribution >= 0.6 is 0 Å². The van der Waals surface area contributed by atoms with Crippen molar-refractivity contribution >= 4 is 16.7 Å². The number of fused-ring (bicyclic) bond motifs is 1. The van der Waals surface area contributed by atoms with E-state index in [0.29, 0.717) is 17.7 Å². The van der Waals surface area contributed by atoms with Crippen LogP contribution in [0.5, 0.6) is 5.75 Å². The molecule has 2 saturated carbocycles. The van der Waals surface area contributed by atoms with Crippen LogP contribution in [0, 0.1) is 17.3 Å². The fraction of sp³-hybridized carbons (Fsp3) is 0.593. The van der Waals surface area contributed by atoms with Crippen molar-refractivity contribution in [3.63, 3.8) is 0 Å². The molecule has 4 rings (SSSR count). The number of aliphatic carboxylic acids is 1. The number of benzene rings is 2. The number of halogens is 3. The Morgan fingerprint density at radius 1 is 1.15 bits per heavy atom. The predicted molar refractivity (Wildman–Crippen MR) is 126 cm³/mol. The molecule has 2 N–H and O–H groups in total. The molecule has 3 atom stereocenters. The summed E-state index contributed by atoms with van der Waals surface area (Å²) in [4.78, 5) is 11.4. The van der Waals surface area contributed by atoms with Gasteiger partial charge < -0.3 is 15.2 Å². The van der Waals surface area contributed by atoms with Gasteiger partial charge in [0.2, 0.25) is 0 Å². The van der Waals surface area contributed by atoms with E-state index in [0.717, 1.165) is 31.2 Å². The molecule has 186 valence electrons. The Kier molecular flexibility index (Phi) is 6.62. The zero-order valence-electron chi connectivity index (χ0n) is 20.2. The van der Waals surface area contributed by atoms with E-state index >= 15 is 0 Å². The van der Waals surface area contributed by atoms with Crippen LogP contribution in [0.25, 0.3) is 10.8 Å². The van der Waals surface area contributed by atoms with Gasteiger partial charge in [-0.15, -0.1) is 0 Å². The van der Waals surface area contributed by atoms with E-state index in [1.165, 1.54) is 6.07 Å². The zero-order chi connectivity index (χ0) is 24.8. The van der Waals surface area contributed by atoms with Gasteiger partial charge in [0, 0.05) is 12.1 Å². The van der Waals surface area contributed by atoms with Gasteiger partial charge in [-0.25, -0.2) is 0 Å². The second kappa shape index (κ2) is 9.06. The topological polar surface area (TPSA) is 58.6 Å². The van der Waals surface area contributed by atoms with Crippen molar-refractivity contribution in [3.05, 3.63) is 41.5 Å². The molecule has 2 aromatic carbocycles. The van der Waals surface area contributed by atoms with Crippen molar-refractivity contribution < 1.29 is 27.8 Å². The number of carboxylic acids is 1. The molecular formula is C27H34F3NO3. The smallest absolute Gasteiger partial charge is 0.420 e. The molecular weight excluding hydrogens is 443 g/mol. The Morgan fingerprint density at radius 2 is 1.79 bits per heavy atom. The Balaban J connectivity index is 1.62. The number of hydrogen-bond donors (Lipinski definition) is 2. The Morgan fingerprint density at radius 3 is 2.38 bits per heavy atom. The molecule has 2 aromatic rings. The first kappa shape index (κ1) is 24.8. The Bertz CT molecular complexity index is 1060. The van der Waals surface area contributed by atoms with E-state index in [1.54, 1.807) is 18.2 Å². The molecule has 2 fully saturated rings. The van der Waals surface area contributed by atoms with Crippen LogP contribution in [0.1, 0.15) is 77.0 Å². The summed E-state index contributed by atoms with van der Waals surface area (Å²) >= 11 is 0. The lowest BCUT2D eigenvalue weighted by Crippen LogP contribution is -2.59. The molecule has 4 nitrogen and oxygen atoms in total. The highest BCUT2D eigenvalue weighted by atomic mass is 19.4. The van der Waals surface area contributed by atoms with Crippen molar-refractivity contribution in [2.45, 2.75) is 84.2 Å². The summed E-state index contributed by atoms with van der Waals surface area (Å²) in [6.45, 7) is 7.90. The highest BCUT2D eigenvalue weighted by molar-refractivity contribution is 5.89. The van der Waals surface area contributed by atoms with Crippen LogP contribution in [0.4, 0.5) is 13.2 Å². The molecule has 0 saturated heterocycles. The summed E-state index contributed by atoms with van der Waals surface area (Å²) in [5, 5.41) is 13.5. The van der Waals surface area contributed by atoms with Gasteiger partial charge in [0.25, 0.3) is 0 Å². The molecule has 0 unspecified atom stereocenters. The van der Waals surface area contributed by atoms with Gasteiger partial charge in [0.05, 0.1) is 12.0 Å². The fourth-order valence-corrected chi connectivity index (χ4v) is 5.53. The summed E-state index contributed by atoms with van der Waals surface area (Å²) in [7, 11) is 0. The number of ether oxygens (including phenoxy) is 1. The third kappa shape index (κ3) is 4.77. The number of alkyl halides is 3. The molecule has 7 heteroatoms. The van der Waals surface area contributed by atoms with E-state index in [2.05, 4.69) is 12.2 Å². The lowest BCUT2D eigenvalue weighted by Gasteiger charge is -2.51. The number of nitrogens with one attached hydrogen (secondary N) is 1. The van der Waals surface area contributed by atoms with Gasteiger partial charge in [0.1, 0.15) is 11.3 Å². The van der Waals surface area contributed by atoms with Crippen molar-refractivity contribution in [1.82, 2.24) is 5.32 Å². The minimum Gasteiger partial charge on any atom is -0.490 e. The maximum atomic E-state index is 14.3. The number of carbonyl (C=O) groups is 1. The second-order valence-corrected chi connectivity index (χ2v) is 10.8. The number of carboxylic acid groups (broad SMARTS) is 1. The summed E-state index contributed by atoms with van der Waals surface area (Å²) in [6.07, 6.45) is -0.761. The standard InChI is InChI=1S/C27H34F3NO3/c1-15-5-10-19(11-6-15)34-22-12-9-17-7-8-18(13-20(17)24(22)27(28,29)30)16(2)31-23-14-21(25(32)33)26(23,3)4/h7-9,12-13,15-16,19,21,23,31H,5-6,10-11,14H2,1-4H3,(H,32,33)/t15-,16-,19+,21-,23+/m1/s1. The number of hydrogen-bond acceptors (Lipinski definition) is 3. The Hall–Kier alpha value is -2.28. The van der Waals surface area contributed by atoms with Crippen molar-refractivity contribution in [1.29, 1.82) is 0 Å². The summed E-state index contributed by atoms with van der Waals surface area (Å²) in [5.41, 5.74) is -0.407. The van der Waals surface area contributed by atoms with E-state index in [9.17, 15) is 23.1 Å². The van der Waals surface area contributed by atoms with Crippen LogP contribution in [-0.2, 0) is 11.0 Å². The molecule has 0 heterocycles. The zero-order valence-corrected chi connectivity index (χ0v) is 20.2. The van der Waals surface area contributed by atoms with Crippen LogP contribution in [0.3, 0.4) is 0 Å². The third-order valence-corrected chi connectivity index (χ3v) is 8.06. The van der Waals surface area contributed by atoms with E-state index in [1.807, 2.05) is 26.8 Å². The molecule has 34 heavy (non-hydrogen) atoms. The van der Waals surface area contributed by atoms with E-state index in [4.69, 9.17) is 4.74 Å². The van der Waals surface area contributed by atoms with Crippen LogP contribution in [0.15, 0.2) is 30.3 Å². The molecule has 0 amide bonds. The van der Waals surface area contributed by atoms with E-state index < -0.39 is 29.0 Å². The molecule has 0 aliphatic heterocycles. The van der Waals surface area contributed by atoms with Crippen molar-refractivity contribution in [3.8, 4) is 5.75 Å². The maximum Gasteiger partial charge on any atom is 0.420 e. The van der Waals surface area contributed by atoms with Gasteiger partial charge in [-0.3, -0.25) is 4.79 Å². The SMILES string of the molecule is C[C@@H](N[C@H]1C[C@H](C(=O)O)C1(C)C)c1ccc2ccc(O[C@H]3CC[C@@H](C)CC3)c(C(F)(F)F)c2c1. The van der Waals surface area contributed by atoms with Gasteiger partial charge in [-0.2, -0.15) is 13.2 Å². The molecule has 0 spiro atoms. The van der Waals surface area contributed by atoms with Gasteiger partial charge >= 0.3 is 12.1 Å². The van der Waals surface area contributed by atoms with Crippen LogP contribution < -0.4 is 10.1 Å². The largest absolute Gasteiger partial charge is 0.490 e. The predicted octanol–water partition coefficient (Wildman–Crippen LogP) is 6.97. The summed E-state index contributed by atoms with van der Waals surface area (Å²) < 4.78 is 48.7. The van der Waals surface area contributed by atoms with Crippen LogP contribution in [-0.4, -0.2) is 23.2 Å². The highest BCUT2D eigenvalue weighted by Crippen LogP contribution is 2.47. The summed E-state index contributed by atoms with van der Waals surface area (Å²) in [6, 6.07) is 8.05. The Labute approximate surface area is 198 Å². The first-order valence-corrected chi connectivity index (χ1v) is 12.2. The lowest BCUT2D eigenvalue weighted by atomic mass is 9.58. The normalized spacial score (nSPS) is 27.7. The minimum atomic E-state index is -4.54. The quantitative estimate of drug-likeness (QED) is 0.472. The lowest BCUT2D eigenvalue weighted by molar-refractivity contribution is -0.155. The van der Waals surface area contributed by atoms with Crippen molar-refractivity contribution in [2.24, 2.45) is 17.3 Å².